The molecule has 1 amide bonds. The minimum Gasteiger partial charge on any atom is -0.479 e. The highest BCUT2D eigenvalue weighted by Gasteiger charge is 2.23. The Morgan fingerprint density at radius 2 is 2.00 bits per heavy atom. The number of benzene rings is 1. The first kappa shape index (κ1) is 21.5. The Morgan fingerprint density at radius 3 is 2.59 bits per heavy atom. The van der Waals surface area contributed by atoms with Crippen molar-refractivity contribution in [2.45, 2.75) is 26.9 Å². The zero-order valence-electron chi connectivity index (χ0n) is 16.1. The third kappa shape index (κ3) is 5.37. The van der Waals surface area contributed by atoms with Crippen LogP contribution in [0, 0.1) is 10.1 Å². The molecular weight excluding hydrogens is 384 g/mol. The smallest absolute Gasteiger partial charge is 0.349 e. The van der Waals surface area contributed by atoms with E-state index in [-0.39, 0.29) is 11.7 Å². The van der Waals surface area contributed by atoms with Crippen LogP contribution in [0.25, 0.3) is 0 Å². The molecule has 1 aromatic carbocycles. The quantitative estimate of drug-likeness (QED) is 0.492. The summed E-state index contributed by atoms with van der Waals surface area (Å²) >= 11 is 0. The SMILES string of the molecule is CCN(CC)C(=O)c1cccc(Oc2nc(OC(C)C(=O)O)ncc2[N+](=O)[O-])c1. The van der Waals surface area contributed by atoms with E-state index in [0.717, 1.165) is 6.20 Å². The van der Waals surface area contributed by atoms with Gasteiger partial charge in [-0.25, -0.2) is 4.79 Å². The van der Waals surface area contributed by atoms with E-state index in [1.807, 2.05) is 13.8 Å². The van der Waals surface area contributed by atoms with Crippen LogP contribution >= 0.6 is 0 Å². The Hall–Kier alpha value is -3.76. The van der Waals surface area contributed by atoms with Gasteiger partial charge in [-0.15, -0.1) is 0 Å². The van der Waals surface area contributed by atoms with Gasteiger partial charge in [-0.05, 0) is 39.0 Å². The van der Waals surface area contributed by atoms with Crippen LogP contribution in [-0.2, 0) is 4.79 Å². The number of carboxylic acid groups (broad SMARTS) is 1. The number of rotatable bonds is 9. The van der Waals surface area contributed by atoms with E-state index in [1.165, 1.54) is 19.1 Å². The molecule has 1 atom stereocenters. The summed E-state index contributed by atoms with van der Waals surface area (Å²) in [4.78, 5) is 42.9. The summed E-state index contributed by atoms with van der Waals surface area (Å²) < 4.78 is 10.5. The number of carbonyl (C=O) groups is 2. The van der Waals surface area contributed by atoms with Crippen LogP contribution in [0.3, 0.4) is 0 Å². The van der Waals surface area contributed by atoms with Crippen LogP contribution in [0.2, 0.25) is 0 Å². The maximum atomic E-state index is 12.5. The Kier molecular flexibility index (Phi) is 7.01. The van der Waals surface area contributed by atoms with Crippen LogP contribution in [0.15, 0.2) is 30.5 Å². The Labute approximate surface area is 166 Å². The number of carbonyl (C=O) groups excluding carboxylic acids is 1. The molecule has 0 aliphatic heterocycles. The summed E-state index contributed by atoms with van der Waals surface area (Å²) in [5.41, 5.74) is -0.195. The molecule has 154 valence electrons. The molecule has 0 radical (unpaired) electrons. The van der Waals surface area contributed by atoms with Crippen molar-refractivity contribution in [3.8, 4) is 17.6 Å². The lowest BCUT2D eigenvalue weighted by atomic mass is 10.2. The highest BCUT2D eigenvalue weighted by Crippen LogP contribution is 2.30. The molecule has 1 heterocycles. The molecule has 1 unspecified atom stereocenters. The van der Waals surface area contributed by atoms with E-state index < -0.39 is 34.6 Å². The van der Waals surface area contributed by atoms with E-state index in [0.29, 0.717) is 18.7 Å². The molecule has 0 saturated carbocycles. The molecule has 0 fully saturated rings. The zero-order chi connectivity index (χ0) is 21.6. The average Bonchev–Trinajstić information content (AvgIpc) is 2.69. The summed E-state index contributed by atoms with van der Waals surface area (Å²) in [6.07, 6.45) is -0.406. The second-order valence-corrected chi connectivity index (χ2v) is 5.81. The lowest BCUT2D eigenvalue weighted by Gasteiger charge is -2.18. The molecule has 0 bridgehead atoms. The van der Waals surface area contributed by atoms with Crippen molar-refractivity contribution in [3.63, 3.8) is 0 Å². The van der Waals surface area contributed by atoms with Crippen molar-refractivity contribution in [1.29, 1.82) is 0 Å². The van der Waals surface area contributed by atoms with Crippen molar-refractivity contribution < 1.29 is 29.1 Å². The first-order chi connectivity index (χ1) is 13.8. The summed E-state index contributed by atoms with van der Waals surface area (Å²) in [6.45, 7) is 6.02. The third-order valence-electron chi connectivity index (χ3n) is 3.89. The summed E-state index contributed by atoms with van der Waals surface area (Å²) in [6, 6.07) is 5.72. The molecule has 2 rings (SSSR count). The van der Waals surface area contributed by atoms with Gasteiger partial charge in [-0.2, -0.15) is 9.97 Å². The normalized spacial score (nSPS) is 11.4. The van der Waals surface area contributed by atoms with Gasteiger partial charge in [-0.3, -0.25) is 14.9 Å². The van der Waals surface area contributed by atoms with Gasteiger partial charge in [0.15, 0.2) is 6.10 Å². The lowest BCUT2D eigenvalue weighted by Crippen LogP contribution is -2.30. The van der Waals surface area contributed by atoms with Crippen LogP contribution in [0.1, 0.15) is 31.1 Å². The number of ether oxygens (including phenoxy) is 2. The largest absolute Gasteiger partial charge is 0.479 e. The Bertz CT molecular complexity index is 915. The van der Waals surface area contributed by atoms with Gasteiger partial charge < -0.3 is 19.5 Å². The average molecular weight is 404 g/mol. The Morgan fingerprint density at radius 1 is 1.31 bits per heavy atom. The minimum absolute atomic E-state index is 0.141. The monoisotopic (exact) mass is 404 g/mol. The number of carboxylic acids is 1. The van der Waals surface area contributed by atoms with Gasteiger partial charge in [0.25, 0.3) is 5.91 Å². The van der Waals surface area contributed by atoms with E-state index >= 15 is 0 Å². The topological polar surface area (TPSA) is 145 Å². The number of aliphatic carboxylic acids is 1. The first-order valence-corrected chi connectivity index (χ1v) is 8.74. The molecule has 29 heavy (non-hydrogen) atoms. The zero-order valence-corrected chi connectivity index (χ0v) is 16.1. The number of aromatic nitrogens is 2. The van der Waals surface area contributed by atoms with Gasteiger partial charge in [0, 0.05) is 18.7 Å². The minimum atomic E-state index is -1.26. The van der Waals surface area contributed by atoms with Crippen molar-refractivity contribution in [2.24, 2.45) is 0 Å². The van der Waals surface area contributed by atoms with Crippen LogP contribution in [-0.4, -0.2) is 56.0 Å². The molecule has 11 nitrogen and oxygen atoms in total. The van der Waals surface area contributed by atoms with Crippen molar-refractivity contribution in [3.05, 3.63) is 46.1 Å². The fraction of sp³-hybridized carbons (Fsp3) is 0.333. The van der Waals surface area contributed by atoms with E-state index in [9.17, 15) is 19.7 Å². The number of amides is 1. The number of nitro groups is 1. The van der Waals surface area contributed by atoms with E-state index in [4.69, 9.17) is 14.6 Å². The molecule has 0 saturated heterocycles. The number of hydrogen-bond donors (Lipinski definition) is 1. The van der Waals surface area contributed by atoms with Gasteiger partial charge in [0.2, 0.25) is 0 Å². The first-order valence-electron chi connectivity index (χ1n) is 8.74. The standard InChI is InChI=1S/C18H20N4O7/c1-4-21(5-2)16(23)12-7-6-8-13(9-12)29-15-14(22(26)27)10-19-18(20-15)28-11(3)17(24)25/h6-11H,4-5H2,1-3H3,(H,24,25). The van der Waals surface area contributed by atoms with E-state index in [2.05, 4.69) is 9.97 Å². The fourth-order valence-electron chi connectivity index (χ4n) is 2.31. The summed E-state index contributed by atoms with van der Waals surface area (Å²) in [5, 5.41) is 20.1. The van der Waals surface area contributed by atoms with Gasteiger partial charge in [-0.1, -0.05) is 6.07 Å². The van der Waals surface area contributed by atoms with E-state index in [1.54, 1.807) is 17.0 Å². The molecule has 1 aromatic heterocycles. The second-order valence-electron chi connectivity index (χ2n) is 5.81. The van der Waals surface area contributed by atoms with Crippen LogP contribution < -0.4 is 9.47 Å². The Balaban J connectivity index is 2.34. The highest BCUT2D eigenvalue weighted by molar-refractivity contribution is 5.94. The maximum absolute atomic E-state index is 12.5. The molecular formula is C18H20N4O7. The molecule has 0 aliphatic rings. The van der Waals surface area contributed by atoms with Crippen molar-refractivity contribution in [2.75, 3.05) is 13.1 Å². The number of hydrogen-bond acceptors (Lipinski definition) is 8. The molecule has 11 heteroatoms. The van der Waals surface area contributed by atoms with Gasteiger partial charge >= 0.3 is 23.5 Å². The predicted molar refractivity (Wildman–Crippen MR) is 100 cm³/mol. The second kappa shape index (κ2) is 9.44. The fourth-order valence-corrected chi connectivity index (χ4v) is 2.31. The van der Waals surface area contributed by atoms with Gasteiger partial charge in [0.05, 0.1) is 4.92 Å². The lowest BCUT2D eigenvalue weighted by molar-refractivity contribution is -0.386. The van der Waals surface area contributed by atoms with Crippen molar-refractivity contribution >= 4 is 17.6 Å². The third-order valence-corrected chi connectivity index (χ3v) is 3.89. The summed E-state index contributed by atoms with van der Waals surface area (Å²) in [7, 11) is 0. The van der Waals surface area contributed by atoms with Gasteiger partial charge in [0.1, 0.15) is 11.9 Å². The molecule has 0 spiro atoms. The molecule has 0 aliphatic carbocycles. The predicted octanol–water partition coefficient (Wildman–Crippen LogP) is 2.51. The summed E-state index contributed by atoms with van der Waals surface area (Å²) in [5.74, 6) is -1.76. The maximum Gasteiger partial charge on any atom is 0.349 e. The number of nitrogens with zero attached hydrogens (tertiary/aromatic N) is 4. The molecule has 1 N–H and O–H groups in total. The van der Waals surface area contributed by atoms with Crippen LogP contribution in [0.4, 0.5) is 5.69 Å². The highest BCUT2D eigenvalue weighted by atomic mass is 16.6. The molecule has 2 aromatic rings. The van der Waals surface area contributed by atoms with Crippen LogP contribution in [0.5, 0.6) is 17.6 Å². The van der Waals surface area contributed by atoms with Crippen molar-refractivity contribution in [1.82, 2.24) is 14.9 Å².